The summed E-state index contributed by atoms with van der Waals surface area (Å²) < 4.78 is 0. The second kappa shape index (κ2) is 5.19. The lowest BCUT2D eigenvalue weighted by Crippen LogP contribution is -2.35. The average Bonchev–Trinajstić information content (AvgIpc) is 2.30. The minimum absolute atomic E-state index is 0.146. The van der Waals surface area contributed by atoms with Gasteiger partial charge in [-0.2, -0.15) is 0 Å². The molecule has 4 nitrogen and oxygen atoms in total. The van der Waals surface area contributed by atoms with E-state index >= 15 is 0 Å². The van der Waals surface area contributed by atoms with Gasteiger partial charge in [-0.05, 0) is 48.6 Å². The van der Waals surface area contributed by atoms with Crippen LogP contribution in [0.3, 0.4) is 0 Å². The van der Waals surface area contributed by atoms with E-state index in [4.69, 9.17) is 5.73 Å². The molecule has 1 aromatic heterocycles. The maximum Gasteiger partial charge on any atom is 0.306 e. The molecule has 2 atom stereocenters. The number of hydrogen-bond donors (Lipinski definition) is 2. The Labute approximate surface area is 114 Å². The number of carbonyl (C=O) groups is 1. The van der Waals surface area contributed by atoms with E-state index in [1.165, 1.54) is 0 Å². The predicted molar refractivity (Wildman–Crippen MR) is 74.6 cm³/mol. The fourth-order valence-corrected chi connectivity index (χ4v) is 3.17. The Bertz CT molecular complexity index is 471. The lowest BCUT2D eigenvalue weighted by Gasteiger charge is -2.39. The van der Waals surface area contributed by atoms with E-state index in [1.807, 2.05) is 0 Å². The van der Waals surface area contributed by atoms with Crippen molar-refractivity contribution < 1.29 is 9.90 Å². The van der Waals surface area contributed by atoms with E-state index in [0.29, 0.717) is 12.1 Å². The molecule has 0 aromatic carbocycles. The molecule has 3 N–H and O–H groups in total. The maximum atomic E-state index is 11.4. The van der Waals surface area contributed by atoms with Gasteiger partial charge in [-0.25, -0.2) is 0 Å². The highest BCUT2D eigenvalue weighted by Crippen LogP contribution is 2.43. The molecule has 0 spiro atoms. The van der Waals surface area contributed by atoms with Gasteiger partial charge in [0, 0.05) is 18.1 Å². The van der Waals surface area contributed by atoms with Crippen LogP contribution in [0.5, 0.6) is 0 Å². The van der Waals surface area contributed by atoms with Crippen molar-refractivity contribution in [3.8, 4) is 0 Å². The Balaban J connectivity index is 2.19. The number of nitrogens with zero attached hydrogens (tertiary/aromatic N) is 1. The SMILES string of the molecule is CC1(C)CCC(C(=O)O)C(Cc2cnccc2N)C1. The minimum atomic E-state index is -0.678. The van der Waals surface area contributed by atoms with E-state index in [-0.39, 0.29) is 17.3 Å². The van der Waals surface area contributed by atoms with Gasteiger partial charge < -0.3 is 10.8 Å². The first-order valence-corrected chi connectivity index (χ1v) is 6.80. The number of carboxylic acid groups (broad SMARTS) is 1. The van der Waals surface area contributed by atoms with Crippen molar-refractivity contribution >= 4 is 11.7 Å². The zero-order valence-electron chi connectivity index (χ0n) is 11.6. The third-order valence-electron chi connectivity index (χ3n) is 4.26. The van der Waals surface area contributed by atoms with Crippen molar-refractivity contribution in [2.75, 3.05) is 5.73 Å². The van der Waals surface area contributed by atoms with Crippen LogP contribution in [0.25, 0.3) is 0 Å². The van der Waals surface area contributed by atoms with Crippen molar-refractivity contribution in [3.63, 3.8) is 0 Å². The van der Waals surface area contributed by atoms with Gasteiger partial charge in [0.25, 0.3) is 0 Å². The van der Waals surface area contributed by atoms with Gasteiger partial charge in [-0.15, -0.1) is 0 Å². The van der Waals surface area contributed by atoms with Crippen LogP contribution in [0.2, 0.25) is 0 Å². The molecule has 1 aliphatic carbocycles. The summed E-state index contributed by atoms with van der Waals surface area (Å²) in [6.07, 6.45) is 6.79. The molecular formula is C15H22N2O2. The monoisotopic (exact) mass is 262 g/mol. The molecule has 19 heavy (non-hydrogen) atoms. The summed E-state index contributed by atoms with van der Waals surface area (Å²) >= 11 is 0. The number of anilines is 1. The number of aromatic nitrogens is 1. The number of aliphatic carboxylic acids is 1. The molecule has 104 valence electrons. The largest absolute Gasteiger partial charge is 0.481 e. The normalized spacial score (nSPS) is 26.0. The van der Waals surface area contributed by atoms with Crippen molar-refractivity contribution in [3.05, 3.63) is 24.0 Å². The van der Waals surface area contributed by atoms with Gasteiger partial charge in [-0.3, -0.25) is 9.78 Å². The lowest BCUT2D eigenvalue weighted by molar-refractivity contribution is -0.146. The van der Waals surface area contributed by atoms with Crippen molar-refractivity contribution in [1.29, 1.82) is 0 Å². The second-order valence-corrected chi connectivity index (χ2v) is 6.39. The van der Waals surface area contributed by atoms with Gasteiger partial charge >= 0.3 is 5.97 Å². The Morgan fingerprint density at radius 1 is 1.58 bits per heavy atom. The third-order valence-corrected chi connectivity index (χ3v) is 4.26. The predicted octanol–water partition coefficient (Wildman–Crippen LogP) is 2.73. The first-order chi connectivity index (χ1) is 8.89. The summed E-state index contributed by atoms with van der Waals surface area (Å²) in [6, 6.07) is 1.78. The standard InChI is InChI=1S/C15H22N2O2/c1-15(2)5-3-12(14(18)19)10(8-15)7-11-9-17-6-4-13(11)16/h4,6,9-10,12H,3,5,7-8H2,1-2H3,(H2,16,17)(H,18,19). The van der Waals surface area contributed by atoms with E-state index in [2.05, 4.69) is 18.8 Å². The van der Waals surface area contributed by atoms with E-state index in [9.17, 15) is 9.90 Å². The number of nitrogen functional groups attached to an aromatic ring is 1. The summed E-state index contributed by atoms with van der Waals surface area (Å²) in [6.45, 7) is 4.43. The van der Waals surface area contributed by atoms with Gasteiger partial charge in [0.05, 0.1) is 5.92 Å². The average molecular weight is 262 g/mol. The number of nitrogens with two attached hydrogens (primary N) is 1. The zero-order chi connectivity index (χ0) is 14.0. The maximum absolute atomic E-state index is 11.4. The molecule has 2 rings (SSSR count). The molecule has 1 saturated carbocycles. The first-order valence-electron chi connectivity index (χ1n) is 6.80. The topological polar surface area (TPSA) is 76.2 Å². The summed E-state index contributed by atoms with van der Waals surface area (Å²) in [4.78, 5) is 15.5. The number of pyridine rings is 1. The van der Waals surface area contributed by atoms with Crippen LogP contribution in [0.1, 0.15) is 38.7 Å². The zero-order valence-corrected chi connectivity index (χ0v) is 11.6. The molecule has 1 aliphatic rings. The summed E-state index contributed by atoms with van der Waals surface area (Å²) in [5.41, 5.74) is 7.83. The molecule has 1 aromatic rings. The van der Waals surface area contributed by atoms with Crippen LogP contribution in [0.15, 0.2) is 18.5 Å². The molecule has 1 heterocycles. The number of hydrogen-bond acceptors (Lipinski definition) is 3. The molecule has 0 radical (unpaired) electrons. The highest BCUT2D eigenvalue weighted by molar-refractivity contribution is 5.70. The molecule has 2 unspecified atom stereocenters. The van der Waals surface area contributed by atoms with Crippen LogP contribution in [-0.2, 0) is 11.2 Å². The van der Waals surface area contributed by atoms with Gasteiger partial charge in [0.15, 0.2) is 0 Å². The lowest BCUT2D eigenvalue weighted by atomic mass is 9.65. The van der Waals surface area contributed by atoms with Crippen LogP contribution in [-0.4, -0.2) is 16.1 Å². The number of rotatable bonds is 3. The molecule has 4 heteroatoms. The fourth-order valence-electron chi connectivity index (χ4n) is 3.17. The van der Waals surface area contributed by atoms with Gasteiger partial charge in [-0.1, -0.05) is 13.8 Å². The summed E-state index contributed by atoms with van der Waals surface area (Å²) in [7, 11) is 0. The van der Waals surface area contributed by atoms with Crippen LogP contribution in [0.4, 0.5) is 5.69 Å². The Morgan fingerprint density at radius 3 is 2.95 bits per heavy atom. The first kappa shape index (κ1) is 13.8. The van der Waals surface area contributed by atoms with Gasteiger partial charge in [0.1, 0.15) is 0 Å². The van der Waals surface area contributed by atoms with E-state index in [0.717, 1.165) is 24.8 Å². The Morgan fingerprint density at radius 2 is 2.32 bits per heavy atom. The summed E-state index contributed by atoms with van der Waals surface area (Å²) in [5, 5.41) is 9.38. The minimum Gasteiger partial charge on any atom is -0.481 e. The smallest absolute Gasteiger partial charge is 0.306 e. The molecule has 0 bridgehead atoms. The highest BCUT2D eigenvalue weighted by Gasteiger charge is 2.38. The molecular weight excluding hydrogens is 240 g/mol. The van der Waals surface area contributed by atoms with Crippen molar-refractivity contribution in [2.45, 2.75) is 39.5 Å². The third kappa shape index (κ3) is 3.25. The number of carboxylic acids is 1. The van der Waals surface area contributed by atoms with Crippen molar-refractivity contribution in [1.82, 2.24) is 4.98 Å². The Kier molecular flexibility index (Phi) is 3.78. The van der Waals surface area contributed by atoms with E-state index in [1.54, 1.807) is 18.5 Å². The second-order valence-electron chi connectivity index (χ2n) is 6.39. The summed E-state index contributed by atoms with van der Waals surface area (Å²) in [5.74, 6) is -0.789. The molecule has 1 fully saturated rings. The molecule has 0 saturated heterocycles. The van der Waals surface area contributed by atoms with Crippen LogP contribution >= 0.6 is 0 Å². The van der Waals surface area contributed by atoms with E-state index < -0.39 is 5.97 Å². The Hall–Kier alpha value is -1.58. The fraction of sp³-hybridized carbons (Fsp3) is 0.600. The van der Waals surface area contributed by atoms with Gasteiger partial charge in [0.2, 0.25) is 0 Å². The highest BCUT2D eigenvalue weighted by atomic mass is 16.4. The van der Waals surface area contributed by atoms with Crippen LogP contribution in [0, 0.1) is 17.3 Å². The molecule has 0 aliphatic heterocycles. The van der Waals surface area contributed by atoms with Crippen molar-refractivity contribution in [2.24, 2.45) is 17.3 Å². The van der Waals surface area contributed by atoms with Crippen LogP contribution < -0.4 is 5.73 Å². The molecule has 0 amide bonds. The quantitative estimate of drug-likeness (QED) is 0.878.